The van der Waals surface area contributed by atoms with Gasteiger partial charge < -0.3 is 9.84 Å². The number of benzene rings is 1. The predicted molar refractivity (Wildman–Crippen MR) is 70.1 cm³/mol. The lowest BCUT2D eigenvalue weighted by Crippen LogP contribution is -2.12. The fourth-order valence-electron chi connectivity index (χ4n) is 2.70. The molecule has 2 rings (SSSR count). The number of halogens is 1. The molecule has 0 amide bonds. The van der Waals surface area contributed by atoms with Gasteiger partial charge in [-0.1, -0.05) is 18.5 Å². The third-order valence-corrected chi connectivity index (χ3v) is 3.85. The maximum absolute atomic E-state index is 9.40. The van der Waals surface area contributed by atoms with E-state index in [1.165, 1.54) is 24.0 Å². The van der Waals surface area contributed by atoms with Gasteiger partial charge in [-0.05, 0) is 42.9 Å². The average Bonchev–Trinajstić information content (AvgIpc) is 2.36. The topological polar surface area (TPSA) is 29.5 Å². The number of aryl methyl sites for hydroxylation is 1. The molecular formula is C14H19ClO2. The van der Waals surface area contributed by atoms with Crippen molar-refractivity contribution in [2.45, 2.75) is 38.5 Å². The normalized spacial score (nSPS) is 16.5. The molecule has 0 bridgehead atoms. The Bertz CT molecular complexity index is 415. The van der Waals surface area contributed by atoms with Gasteiger partial charge in [0.15, 0.2) is 0 Å². The first-order chi connectivity index (χ1) is 8.19. The molecule has 1 atom stereocenters. The second-order valence-electron chi connectivity index (χ2n) is 4.73. The van der Waals surface area contributed by atoms with Crippen LogP contribution in [0, 0.1) is 0 Å². The monoisotopic (exact) mass is 254 g/mol. The Balaban J connectivity index is 2.61. The van der Waals surface area contributed by atoms with Gasteiger partial charge in [0.25, 0.3) is 0 Å². The second kappa shape index (κ2) is 5.28. The fourth-order valence-corrected chi connectivity index (χ4v) is 3.01. The SMILES string of the molecule is COc1c(Cl)cc2c(c1C(C)CO)CCCC2. The number of methoxy groups -OCH3 is 1. The van der Waals surface area contributed by atoms with Crippen LogP contribution in [0.15, 0.2) is 6.07 Å². The van der Waals surface area contributed by atoms with E-state index >= 15 is 0 Å². The molecule has 1 N–H and O–H groups in total. The van der Waals surface area contributed by atoms with Gasteiger partial charge in [-0.3, -0.25) is 0 Å². The summed E-state index contributed by atoms with van der Waals surface area (Å²) in [6.07, 6.45) is 4.60. The zero-order valence-corrected chi connectivity index (χ0v) is 11.2. The lowest BCUT2D eigenvalue weighted by atomic mass is 9.83. The summed E-state index contributed by atoms with van der Waals surface area (Å²) in [6.45, 7) is 2.15. The van der Waals surface area contributed by atoms with Crippen LogP contribution in [0.1, 0.15) is 42.4 Å². The highest BCUT2D eigenvalue weighted by atomic mass is 35.5. The molecule has 0 spiro atoms. The summed E-state index contributed by atoms with van der Waals surface area (Å²) in [5.41, 5.74) is 3.79. The van der Waals surface area contributed by atoms with E-state index in [0.29, 0.717) is 5.02 Å². The number of aliphatic hydroxyl groups is 1. The first-order valence-electron chi connectivity index (χ1n) is 6.18. The maximum Gasteiger partial charge on any atom is 0.141 e. The van der Waals surface area contributed by atoms with Gasteiger partial charge in [-0.2, -0.15) is 0 Å². The molecule has 1 aromatic carbocycles. The highest BCUT2D eigenvalue weighted by molar-refractivity contribution is 6.32. The predicted octanol–water partition coefficient (Wildman–Crippen LogP) is 3.32. The number of hydrogen-bond acceptors (Lipinski definition) is 2. The van der Waals surface area contributed by atoms with Crippen LogP contribution in [0.4, 0.5) is 0 Å². The van der Waals surface area contributed by atoms with E-state index < -0.39 is 0 Å². The number of fused-ring (bicyclic) bond motifs is 1. The quantitative estimate of drug-likeness (QED) is 0.897. The lowest BCUT2D eigenvalue weighted by Gasteiger charge is -2.25. The minimum atomic E-state index is 0.0792. The van der Waals surface area contributed by atoms with Crippen molar-refractivity contribution >= 4 is 11.6 Å². The molecule has 0 saturated heterocycles. The van der Waals surface area contributed by atoms with Gasteiger partial charge in [0.05, 0.1) is 12.1 Å². The summed E-state index contributed by atoms with van der Waals surface area (Å²) in [4.78, 5) is 0. The summed E-state index contributed by atoms with van der Waals surface area (Å²) in [7, 11) is 1.64. The molecule has 3 heteroatoms. The Morgan fingerprint density at radius 2 is 2.12 bits per heavy atom. The van der Waals surface area contributed by atoms with Crippen LogP contribution < -0.4 is 4.74 Å². The van der Waals surface area contributed by atoms with Crippen LogP contribution in [-0.4, -0.2) is 18.8 Å². The molecule has 1 aliphatic rings. The molecule has 0 saturated carbocycles. The highest BCUT2D eigenvalue weighted by Crippen LogP contribution is 2.40. The van der Waals surface area contributed by atoms with Crippen molar-refractivity contribution in [3.8, 4) is 5.75 Å². The molecule has 0 aromatic heterocycles. The molecule has 0 fully saturated rings. The Kier molecular flexibility index (Phi) is 3.95. The van der Waals surface area contributed by atoms with E-state index in [-0.39, 0.29) is 12.5 Å². The number of rotatable bonds is 3. The van der Waals surface area contributed by atoms with Crippen molar-refractivity contribution in [1.82, 2.24) is 0 Å². The number of aliphatic hydroxyl groups excluding tert-OH is 1. The molecule has 17 heavy (non-hydrogen) atoms. The summed E-state index contributed by atoms with van der Waals surface area (Å²) in [6, 6.07) is 2.03. The molecule has 1 aromatic rings. The van der Waals surface area contributed by atoms with Gasteiger partial charge in [0.2, 0.25) is 0 Å². The van der Waals surface area contributed by atoms with E-state index in [9.17, 15) is 5.11 Å². The molecule has 0 heterocycles. The van der Waals surface area contributed by atoms with Crippen LogP contribution in [0.3, 0.4) is 0 Å². The summed E-state index contributed by atoms with van der Waals surface area (Å²) in [5.74, 6) is 0.823. The fraction of sp³-hybridized carbons (Fsp3) is 0.571. The molecule has 0 aliphatic heterocycles. The van der Waals surface area contributed by atoms with Crippen LogP contribution in [-0.2, 0) is 12.8 Å². The van der Waals surface area contributed by atoms with Crippen LogP contribution >= 0.6 is 11.6 Å². The van der Waals surface area contributed by atoms with Crippen LogP contribution in [0.5, 0.6) is 5.75 Å². The van der Waals surface area contributed by atoms with Gasteiger partial charge >= 0.3 is 0 Å². The van der Waals surface area contributed by atoms with E-state index in [4.69, 9.17) is 16.3 Å². The molecule has 0 radical (unpaired) electrons. The second-order valence-corrected chi connectivity index (χ2v) is 5.14. The standard InChI is InChI=1S/C14H19ClO2/c1-9(8-16)13-11-6-4-3-5-10(11)7-12(15)14(13)17-2/h7,9,16H,3-6,8H2,1-2H3. The summed E-state index contributed by atoms with van der Waals surface area (Å²) in [5, 5.41) is 10.1. The van der Waals surface area contributed by atoms with E-state index in [1.807, 2.05) is 13.0 Å². The van der Waals surface area contributed by atoms with Crippen LogP contribution in [0.25, 0.3) is 0 Å². The summed E-state index contributed by atoms with van der Waals surface area (Å²) >= 11 is 6.26. The smallest absolute Gasteiger partial charge is 0.141 e. The third kappa shape index (κ3) is 2.29. The maximum atomic E-state index is 9.40. The molecular weight excluding hydrogens is 236 g/mol. The van der Waals surface area contributed by atoms with Crippen molar-refractivity contribution in [3.05, 3.63) is 27.8 Å². The van der Waals surface area contributed by atoms with E-state index in [2.05, 4.69) is 0 Å². The lowest BCUT2D eigenvalue weighted by molar-refractivity contribution is 0.269. The zero-order chi connectivity index (χ0) is 12.4. The van der Waals surface area contributed by atoms with E-state index in [0.717, 1.165) is 24.2 Å². The minimum Gasteiger partial charge on any atom is -0.495 e. The highest BCUT2D eigenvalue weighted by Gasteiger charge is 2.23. The summed E-state index contributed by atoms with van der Waals surface area (Å²) < 4.78 is 5.42. The van der Waals surface area contributed by atoms with Gasteiger partial charge in [0, 0.05) is 18.1 Å². The van der Waals surface area contributed by atoms with Gasteiger partial charge in [0.1, 0.15) is 5.75 Å². The molecule has 1 aliphatic carbocycles. The van der Waals surface area contributed by atoms with Crippen molar-refractivity contribution < 1.29 is 9.84 Å². The Morgan fingerprint density at radius 3 is 2.76 bits per heavy atom. The Hall–Kier alpha value is -0.730. The molecule has 2 nitrogen and oxygen atoms in total. The van der Waals surface area contributed by atoms with Crippen molar-refractivity contribution in [1.29, 1.82) is 0 Å². The molecule has 94 valence electrons. The zero-order valence-electron chi connectivity index (χ0n) is 10.4. The van der Waals surface area contributed by atoms with Crippen molar-refractivity contribution in [2.24, 2.45) is 0 Å². The number of hydrogen-bond donors (Lipinski definition) is 1. The van der Waals surface area contributed by atoms with Gasteiger partial charge in [-0.25, -0.2) is 0 Å². The first-order valence-corrected chi connectivity index (χ1v) is 6.55. The van der Waals surface area contributed by atoms with Crippen LogP contribution in [0.2, 0.25) is 5.02 Å². The van der Waals surface area contributed by atoms with E-state index in [1.54, 1.807) is 7.11 Å². The Morgan fingerprint density at radius 1 is 1.41 bits per heavy atom. The third-order valence-electron chi connectivity index (χ3n) is 3.57. The Labute approximate surface area is 108 Å². The number of ether oxygens (including phenoxy) is 1. The van der Waals surface area contributed by atoms with Crippen molar-refractivity contribution in [2.75, 3.05) is 13.7 Å². The first kappa shape index (κ1) is 12.7. The largest absolute Gasteiger partial charge is 0.495 e. The minimum absolute atomic E-state index is 0.0792. The van der Waals surface area contributed by atoms with Gasteiger partial charge in [-0.15, -0.1) is 0 Å². The average molecular weight is 255 g/mol. The van der Waals surface area contributed by atoms with Crippen molar-refractivity contribution in [3.63, 3.8) is 0 Å². The molecule has 1 unspecified atom stereocenters.